The normalized spacial score (nSPS) is 10.7. The number of para-hydroxylation sites is 1. The van der Waals surface area contributed by atoms with Crippen LogP contribution in [0.4, 0.5) is 0 Å². The predicted octanol–water partition coefficient (Wildman–Crippen LogP) is 2.52. The lowest BCUT2D eigenvalue weighted by Crippen LogP contribution is -1.92. The molecule has 2 aromatic heterocycles. The predicted molar refractivity (Wildman–Crippen MR) is 67.7 cm³/mol. The molecule has 2 heterocycles. The fourth-order valence-electron chi connectivity index (χ4n) is 1.94. The Hall–Kier alpha value is -2.62. The Bertz CT molecular complexity index is 731. The zero-order valence-electron chi connectivity index (χ0n) is 9.45. The van der Waals surface area contributed by atoms with Crippen molar-refractivity contribution in [3.8, 4) is 17.1 Å². The Morgan fingerprint density at radius 3 is 2.78 bits per heavy atom. The van der Waals surface area contributed by atoms with E-state index < -0.39 is 0 Å². The fourth-order valence-corrected chi connectivity index (χ4v) is 1.94. The number of pyridine rings is 1. The third-order valence-electron chi connectivity index (χ3n) is 2.83. The van der Waals surface area contributed by atoms with E-state index in [1.807, 2.05) is 12.1 Å². The van der Waals surface area contributed by atoms with E-state index in [0.29, 0.717) is 17.0 Å². The molecule has 3 aromatic rings. The van der Waals surface area contributed by atoms with Crippen molar-refractivity contribution in [1.82, 2.24) is 9.38 Å². The van der Waals surface area contributed by atoms with Crippen LogP contribution >= 0.6 is 0 Å². The second-order valence-electron chi connectivity index (χ2n) is 3.97. The lowest BCUT2D eigenvalue weighted by molar-refractivity contribution is 0.112. The van der Waals surface area contributed by atoms with Crippen LogP contribution in [0.1, 0.15) is 10.4 Å². The number of phenolic OH excluding ortho intramolecular Hbond substituents is 1. The van der Waals surface area contributed by atoms with Crippen LogP contribution in [0.2, 0.25) is 0 Å². The average Bonchev–Trinajstić information content (AvgIpc) is 2.82. The Labute approximate surface area is 103 Å². The number of hydrogen-bond donors (Lipinski definition) is 1. The van der Waals surface area contributed by atoms with Crippen molar-refractivity contribution >= 4 is 11.8 Å². The summed E-state index contributed by atoms with van der Waals surface area (Å²) >= 11 is 0. The highest BCUT2D eigenvalue weighted by Gasteiger charge is 2.10. The van der Waals surface area contributed by atoms with Gasteiger partial charge in [-0.1, -0.05) is 12.1 Å². The first-order valence-electron chi connectivity index (χ1n) is 5.50. The summed E-state index contributed by atoms with van der Waals surface area (Å²) in [7, 11) is 0. The fraction of sp³-hybridized carbons (Fsp3) is 0. The summed E-state index contributed by atoms with van der Waals surface area (Å²) in [6, 6.07) is 10.5. The highest BCUT2D eigenvalue weighted by Crippen LogP contribution is 2.28. The van der Waals surface area contributed by atoms with Gasteiger partial charge < -0.3 is 5.11 Å². The first-order valence-corrected chi connectivity index (χ1v) is 5.50. The third kappa shape index (κ3) is 1.55. The largest absolute Gasteiger partial charge is 0.507 e. The first kappa shape index (κ1) is 10.5. The van der Waals surface area contributed by atoms with Crippen LogP contribution < -0.4 is 0 Å². The van der Waals surface area contributed by atoms with Gasteiger partial charge in [0.05, 0.1) is 17.3 Å². The van der Waals surface area contributed by atoms with Crippen molar-refractivity contribution in [2.45, 2.75) is 0 Å². The van der Waals surface area contributed by atoms with Crippen LogP contribution in [0, 0.1) is 0 Å². The summed E-state index contributed by atoms with van der Waals surface area (Å²) in [5.41, 5.74) is 2.08. The van der Waals surface area contributed by atoms with Crippen LogP contribution in [0.5, 0.6) is 5.75 Å². The van der Waals surface area contributed by atoms with E-state index in [9.17, 15) is 9.90 Å². The van der Waals surface area contributed by atoms with E-state index in [2.05, 4.69) is 4.98 Å². The zero-order chi connectivity index (χ0) is 12.5. The molecular formula is C14H10N2O2. The minimum atomic E-state index is 0.168. The molecule has 0 bridgehead atoms. The van der Waals surface area contributed by atoms with Crippen molar-refractivity contribution in [1.29, 1.82) is 0 Å². The summed E-state index contributed by atoms with van der Waals surface area (Å²) in [6.07, 6.45) is 4.20. The summed E-state index contributed by atoms with van der Waals surface area (Å²) < 4.78 is 1.79. The number of rotatable bonds is 2. The summed E-state index contributed by atoms with van der Waals surface area (Å²) in [6.45, 7) is 0. The standard InChI is InChI=1S/C14H10N2O2/c17-9-10-5-6-11-7-15-14(16(11)8-10)12-3-1-2-4-13(12)18/h1-9,18H. The highest BCUT2D eigenvalue weighted by molar-refractivity contribution is 5.76. The number of imidazole rings is 1. The third-order valence-corrected chi connectivity index (χ3v) is 2.83. The Balaban J connectivity index is 2.29. The molecule has 0 aliphatic heterocycles. The molecule has 4 heteroatoms. The minimum absolute atomic E-state index is 0.168. The number of aldehydes is 1. The van der Waals surface area contributed by atoms with Crippen LogP contribution in [-0.2, 0) is 0 Å². The molecule has 0 saturated heterocycles. The van der Waals surface area contributed by atoms with Crippen LogP contribution in [0.25, 0.3) is 16.9 Å². The lowest BCUT2D eigenvalue weighted by Gasteiger charge is -2.04. The second kappa shape index (κ2) is 4.00. The molecule has 1 aromatic carbocycles. The molecule has 3 rings (SSSR count). The first-order chi connectivity index (χ1) is 8.79. The van der Waals surface area contributed by atoms with Crippen molar-refractivity contribution in [2.75, 3.05) is 0 Å². The molecule has 0 amide bonds. The second-order valence-corrected chi connectivity index (χ2v) is 3.97. The quantitative estimate of drug-likeness (QED) is 0.698. The van der Waals surface area contributed by atoms with Crippen molar-refractivity contribution in [3.63, 3.8) is 0 Å². The number of phenols is 1. The number of nitrogens with zero attached hydrogens (tertiary/aromatic N) is 2. The Kier molecular flexibility index (Phi) is 2.34. The van der Waals surface area contributed by atoms with E-state index in [-0.39, 0.29) is 5.75 Å². The summed E-state index contributed by atoms with van der Waals surface area (Å²) in [4.78, 5) is 15.1. The number of carbonyl (C=O) groups excluding carboxylic acids is 1. The van der Waals surface area contributed by atoms with Crippen LogP contribution in [-0.4, -0.2) is 20.8 Å². The van der Waals surface area contributed by atoms with Crippen LogP contribution in [0.15, 0.2) is 48.8 Å². The molecule has 0 atom stereocenters. The summed E-state index contributed by atoms with van der Waals surface area (Å²) in [5, 5.41) is 9.85. The van der Waals surface area contributed by atoms with Crippen LogP contribution in [0.3, 0.4) is 0 Å². The van der Waals surface area contributed by atoms with Gasteiger partial charge in [0.1, 0.15) is 11.6 Å². The van der Waals surface area contributed by atoms with Gasteiger partial charge >= 0.3 is 0 Å². The number of aromatic hydroxyl groups is 1. The van der Waals surface area contributed by atoms with Gasteiger partial charge in [-0.05, 0) is 24.3 Å². The maximum Gasteiger partial charge on any atom is 0.151 e. The van der Waals surface area contributed by atoms with Gasteiger partial charge in [-0.2, -0.15) is 0 Å². The number of aromatic nitrogens is 2. The molecule has 18 heavy (non-hydrogen) atoms. The van der Waals surface area contributed by atoms with Gasteiger partial charge in [-0.3, -0.25) is 9.20 Å². The van der Waals surface area contributed by atoms with E-state index in [1.165, 1.54) is 0 Å². The lowest BCUT2D eigenvalue weighted by atomic mass is 10.2. The molecule has 0 aliphatic carbocycles. The van der Waals surface area contributed by atoms with E-state index in [1.54, 1.807) is 41.1 Å². The van der Waals surface area contributed by atoms with E-state index >= 15 is 0 Å². The smallest absolute Gasteiger partial charge is 0.151 e. The molecule has 88 valence electrons. The molecule has 0 radical (unpaired) electrons. The molecular weight excluding hydrogens is 228 g/mol. The maximum absolute atomic E-state index is 10.8. The van der Waals surface area contributed by atoms with Gasteiger partial charge in [-0.25, -0.2) is 4.98 Å². The van der Waals surface area contributed by atoms with E-state index in [4.69, 9.17) is 0 Å². The summed E-state index contributed by atoms with van der Waals surface area (Å²) in [5.74, 6) is 0.785. The Morgan fingerprint density at radius 1 is 1.17 bits per heavy atom. The van der Waals surface area contributed by atoms with Gasteiger partial charge in [-0.15, -0.1) is 0 Å². The van der Waals surface area contributed by atoms with Crippen molar-refractivity contribution in [3.05, 3.63) is 54.4 Å². The maximum atomic E-state index is 10.8. The number of hydrogen-bond acceptors (Lipinski definition) is 3. The van der Waals surface area contributed by atoms with Gasteiger partial charge in [0.2, 0.25) is 0 Å². The number of fused-ring (bicyclic) bond motifs is 1. The van der Waals surface area contributed by atoms with E-state index in [0.717, 1.165) is 11.8 Å². The number of carbonyl (C=O) groups is 1. The minimum Gasteiger partial charge on any atom is -0.507 e. The van der Waals surface area contributed by atoms with Gasteiger partial charge in [0, 0.05) is 11.8 Å². The molecule has 0 unspecified atom stereocenters. The molecule has 0 spiro atoms. The average molecular weight is 238 g/mol. The van der Waals surface area contributed by atoms with Gasteiger partial charge in [0.15, 0.2) is 6.29 Å². The number of benzene rings is 1. The molecule has 4 nitrogen and oxygen atoms in total. The molecule has 0 aliphatic rings. The van der Waals surface area contributed by atoms with Crippen molar-refractivity contribution in [2.24, 2.45) is 0 Å². The Morgan fingerprint density at radius 2 is 2.00 bits per heavy atom. The SMILES string of the molecule is O=Cc1ccc2cnc(-c3ccccc3O)n2c1. The topological polar surface area (TPSA) is 54.6 Å². The zero-order valence-corrected chi connectivity index (χ0v) is 9.45. The monoisotopic (exact) mass is 238 g/mol. The van der Waals surface area contributed by atoms with Crippen molar-refractivity contribution < 1.29 is 9.90 Å². The highest BCUT2D eigenvalue weighted by atomic mass is 16.3. The van der Waals surface area contributed by atoms with Gasteiger partial charge in [0.25, 0.3) is 0 Å². The molecule has 0 saturated carbocycles. The molecule has 0 fully saturated rings. The molecule has 1 N–H and O–H groups in total.